The van der Waals surface area contributed by atoms with Crippen molar-refractivity contribution >= 4 is 29.5 Å². The van der Waals surface area contributed by atoms with Crippen molar-refractivity contribution in [2.24, 2.45) is 0 Å². The molecule has 1 aliphatic rings. The van der Waals surface area contributed by atoms with Gasteiger partial charge < -0.3 is 14.2 Å². The molecule has 19 heavy (non-hydrogen) atoms. The summed E-state index contributed by atoms with van der Waals surface area (Å²) in [6.45, 7) is 4.50. The quantitative estimate of drug-likeness (QED) is 0.800. The van der Waals surface area contributed by atoms with Crippen LogP contribution >= 0.6 is 23.2 Å². The average molecular weight is 305 g/mol. The number of aldehydes is 1. The van der Waals surface area contributed by atoms with Gasteiger partial charge in [0.1, 0.15) is 18.5 Å². The molecule has 2 rings (SSSR count). The first-order valence-corrected chi connectivity index (χ1v) is 6.55. The van der Waals surface area contributed by atoms with E-state index in [-0.39, 0.29) is 21.7 Å². The van der Waals surface area contributed by atoms with E-state index in [9.17, 15) is 4.79 Å². The van der Waals surface area contributed by atoms with Crippen LogP contribution in [0.4, 0.5) is 0 Å². The summed E-state index contributed by atoms with van der Waals surface area (Å²) in [7, 11) is 0. The Labute approximate surface area is 121 Å². The van der Waals surface area contributed by atoms with Gasteiger partial charge in [-0.25, -0.2) is 0 Å². The molecule has 104 valence electrons. The molecule has 6 heteroatoms. The summed E-state index contributed by atoms with van der Waals surface area (Å²) < 4.78 is 16.6. The van der Waals surface area contributed by atoms with E-state index >= 15 is 0 Å². The van der Waals surface area contributed by atoms with E-state index in [4.69, 9.17) is 37.4 Å². The fourth-order valence-electron chi connectivity index (χ4n) is 1.79. The number of halogens is 2. The van der Waals surface area contributed by atoms with Gasteiger partial charge in [0.05, 0.1) is 22.2 Å². The minimum Gasteiger partial charge on any atom is -0.491 e. The fourth-order valence-corrected chi connectivity index (χ4v) is 2.35. The highest BCUT2D eigenvalue weighted by Gasteiger charge is 2.33. The van der Waals surface area contributed by atoms with Crippen LogP contribution in [0.1, 0.15) is 24.2 Å². The molecule has 1 aromatic carbocycles. The molecular formula is C13H14Cl2O4. The maximum Gasteiger partial charge on any atom is 0.163 e. The monoisotopic (exact) mass is 304 g/mol. The smallest absolute Gasteiger partial charge is 0.163 e. The van der Waals surface area contributed by atoms with Crippen LogP contribution in [-0.2, 0) is 9.47 Å². The first kappa shape index (κ1) is 14.6. The average Bonchev–Trinajstić information content (AvgIpc) is 2.66. The number of rotatable bonds is 4. The Hall–Kier alpha value is -0.810. The number of benzene rings is 1. The summed E-state index contributed by atoms with van der Waals surface area (Å²) in [4.78, 5) is 10.8. The molecule has 0 N–H and O–H groups in total. The van der Waals surface area contributed by atoms with Crippen molar-refractivity contribution in [3.63, 3.8) is 0 Å². The van der Waals surface area contributed by atoms with Crippen molar-refractivity contribution in [3.05, 3.63) is 27.7 Å². The molecule has 0 saturated carbocycles. The van der Waals surface area contributed by atoms with Gasteiger partial charge in [0.2, 0.25) is 0 Å². The predicted octanol–water partition coefficient (Wildman–Crippen LogP) is 3.34. The fraction of sp³-hybridized carbons (Fsp3) is 0.462. The van der Waals surface area contributed by atoms with Crippen LogP contribution in [0.5, 0.6) is 5.75 Å². The van der Waals surface area contributed by atoms with Gasteiger partial charge in [-0.15, -0.1) is 0 Å². The zero-order valence-corrected chi connectivity index (χ0v) is 12.1. The molecule has 1 atom stereocenters. The lowest BCUT2D eigenvalue weighted by Gasteiger charge is -2.17. The topological polar surface area (TPSA) is 44.8 Å². The SMILES string of the molecule is CC1(C)OCC(COc2cc(Cl)c(C=O)c(Cl)c2)O1. The Morgan fingerprint density at radius 2 is 2.05 bits per heavy atom. The minimum atomic E-state index is -0.579. The molecule has 0 radical (unpaired) electrons. The van der Waals surface area contributed by atoms with Crippen molar-refractivity contribution < 1.29 is 19.0 Å². The third-order valence-electron chi connectivity index (χ3n) is 2.67. The standard InChI is InChI=1S/C13H14Cl2O4/c1-13(2)18-7-9(19-13)6-17-8-3-11(14)10(5-16)12(15)4-8/h3-5,9H,6-7H2,1-2H3. The second-order valence-electron chi connectivity index (χ2n) is 4.68. The second-order valence-corrected chi connectivity index (χ2v) is 5.49. The predicted molar refractivity (Wildman–Crippen MR) is 72.2 cm³/mol. The van der Waals surface area contributed by atoms with Crippen LogP contribution in [0.2, 0.25) is 10.0 Å². The summed E-state index contributed by atoms with van der Waals surface area (Å²) in [5.41, 5.74) is 0.261. The Morgan fingerprint density at radius 1 is 1.42 bits per heavy atom. The van der Waals surface area contributed by atoms with E-state index in [0.717, 1.165) is 0 Å². The molecule has 1 saturated heterocycles. The lowest BCUT2D eigenvalue weighted by atomic mass is 10.2. The molecule has 4 nitrogen and oxygen atoms in total. The number of carbonyl (C=O) groups is 1. The van der Waals surface area contributed by atoms with E-state index in [2.05, 4.69) is 0 Å². The van der Waals surface area contributed by atoms with Crippen molar-refractivity contribution in [2.75, 3.05) is 13.2 Å². The molecular weight excluding hydrogens is 291 g/mol. The van der Waals surface area contributed by atoms with E-state index in [1.54, 1.807) is 12.1 Å². The van der Waals surface area contributed by atoms with Crippen molar-refractivity contribution in [1.29, 1.82) is 0 Å². The number of hydrogen-bond donors (Lipinski definition) is 0. The lowest BCUT2D eigenvalue weighted by molar-refractivity contribution is -0.141. The Bertz CT molecular complexity index is 465. The zero-order valence-electron chi connectivity index (χ0n) is 10.6. The Kier molecular flexibility index (Phi) is 4.36. The molecule has 1 heterocycles. The first-order chi connectivity index (χ1) is 8.91. The van der Waals surface area contributed by atoms with Gasteiger partial charge >= 0.3 is 0 Å². The van der Waals surface area contributed by atoms with Crippen LogP contribution < -0.4 is 4.74 Å². The van der Waals surface area contributed by atoms with Gasteiger partial charge in [0, 0.05) is 0 Å². The van der Waals surface area contributed by atoms with Gasteiger partial charge in [-0.05, 0) is 26.0 Å². The van der Waals surface area contributed by atoms with Gasteiger partial charge in [-0.2, -0.15) is 0 Å². The molecule has 0 spiro atoms. The van der Waals surface area contributed by atoms with Crippen LogP contribution in [0, 0.1) is 0 Å². The minimum absolute atomic E-state index is 0.140. The normalized spacial score (nSPS) is 21.4. The summed E-state index contributed by atoms with van der Waals surface area (Å²) in [5.74, 6) is -0.0843. The maximum absolute atomic E-state index is 10.8. The highest BCUT2D eigenvalue weighted by molar-refractivity contribution is 6.38. The highest BCUT2D eigenvalue weighted by Crippen LogP contribution is 2.30. The van der Waals surface area contributed by atoms with E-state index in [1.807, 2.05) is 13.8 Å². The molecule has 1 unspecified atom stereocenters. The van der Waals surface area contributed by atoms with Gasteiger partial charge in [0.25, 0.3) is 0 Å². The zero-order chi connectivity index (χ0) is 14.0. The highest BCUT2D eigenvalue weighted by atomic mass is 35.5. The van der Waals surface area contributed by atoms with Crippen LogP contribution in [0.15, 0.2) is 12.1 Å². The third kappa shape index (κ3) is 3.60. The number of carbonyl (C=O) groups excluding carboxylic acids is 1. The lowest BCUT2D eigenvalue weighted by Crippen LogP contribution is -2.25. The summed E-state index contributed by atoms with van der Waals surface area (Å²) in [5, 5.41) is 0.530. The Balaban J connectivity index is 1.99. The Morgan fingerprint density at radius 3 is 2.53 bits per heavy atom. The van der Waals surface area contributed by atoms with Crippen molar-refractivity contribution in [2.45, 2.75) is 25.7 Å². The second kappa shape index (κ2) is 5.67. The first-order valence-electron chi connectivity index (χ1n) is 5.80. The number of ether oxygens (including phenoxy) is 3. The molecule has 0 aromatic heterocycles. The maximum atomic E-state index is 10.8. The van der Waals surface area contributed by atoms with Gasteiger partial charge in [-0.1, -0.05) is 23.2 Å². The largest absolute Gasteiger partial charge is 0.491 e. The van der Waals surface area contributed by atoms with Crippen LogP contribution in [0.25, 0.3) is 0 Å². The molecule has 1 aliphatic heterocycles. The summed E-state index contributed by atoms with van der Waals surface area (Å²) >= 11 is 11.8. The van der Waals surface area contributed by atoms with Crippen LogP contribution in [-0.4, -0.2) is 31.4 Å². The molecule has 1 fully saturated rings. The van der Waals surface area contributed by atoms with E-state index in [1.165, 1.54) is 0 Å². The van der Waals surface area contributed by atoms with Gasteiger partial charge in [0.15, 0.2) is 12.1 Å². The summed E-state index contributed by atoms with van der Waals surface area (Å²) in [6, 6.07) is 3.11. The summed E-state index contributed by atoms with van der Waals surface area (Å²) in [6.07, 6.45) is 0.475. The van der Waals surface area contributed by atoms with Crippen molar-refractivity contribution in [1.82, 2.24) is 0 Å². The molecule has 1 aromatic rings. The van der Waals surface area contributed by atoms with Gasteiger partial charge in [-0.3, -0.25) is 4.79 Å². The molecule has 0 bridgehead atoms. The van der Waals surface area contributed by atoms with Crippen molar-refractivity contribution in [3.8, 4) is 5.75 Å². The van der Waals surface area contributed by atoms with Crippen LogP contribution in [0.3, 0.4) is 0 Å². The van der Waals surface area contributed by atoms with E-state index in [0.29, 0.717) is 25.2 Å². The van der Waals surface area contributed by atoms with E-state index < -0.39 is 5.79 Å². The molecule has 0 amide bonds. The third-order valence-corrected chi connectivity index (χ3v) is 3.30. The molecule has 0 aliphatic carbocycles. The number of hydrogen-bond acceptors (Lipinski definition) is 4.